The molecule has 1 aliphatic carbocycles. The van der Waals surface area contributed by atoms with Crippen molar-refractivity contribution >= 4 is 29.3 Å². The molecule has 1 aromatic heterocycles. The van der Waals surface area contributed by atoms with Gasteiger partial charge in [0, 0.05) is 24.8 Å². The minimum atomic E-state index is -0.623. The molecule has 0 saturated heterocycles. The first kappa shape index (κ1) is 23.7. The third-order valence-corrected chi connectivity index (χ3v) is 5.71. The average molecular weight is 462 g/mol. The predicted octanol–water partition coefficient (Wildman–Crippen LogP) is 2.73. The Kier molecular flexibility index (Phi) is 8.21. The van der Waals surface area contributed by atoms with Crippen LogP contribution in [0.1, 0.15) is 69.1 Å². The second kappa shape index (κ2) is 11.1. The van der Waals surface area contributed by atoms with Crippen LogP contribution in [0.5, 0.6) is 0 Å². The Bertz CT molecular complexity index is 936. The number of carbonyl (C=O) groups is 3. The van der Waals surface area contributed by atoms with E-state index in [-0.39, 0.29) is 37.0 Å². The molecule has 172 valence electrons. The van der Waals surface area contributed by atoms with Crippen molar-refractivity contribution in [1.29, 1.82) is 0 Å². The van der Waals surface area contributed by atoms with Gasteiger partial charge in [0.15, 0.2) is 5.82 Å². The molecule has 0 aliphatic heterocycles. The van der Waals surface area contributed by atoms with Gasteiger partial charge in [-0.1, -0.05) is 54.6 Å². The summed E-state index contributed by atoms with van der Waals surface area (Å²) in [6.45, 7) is 1.49. The molecule has 3 amide bonds. The highest BCUT2D eigenvalue weighted by Gasteiger charge is 2.38. The first-order valence-corrected chi connectivity index (χ1v) is 11.2. The number of nitrogens with one attached hydrogen (secondary N) is 3. The molecule has 1 aliphatic rings. The maximum absolute atomic E-state index is 12.1. The van der Waals surface area contributed by atoms with Crippen molar-refractivity contribution in [2.75, 3.05) is 0 Å². The van der Waals surface area contributed by atoms with Crippen LogP contribution in [0.3, 0.4) is 0 Å². The molecule has 0 bridgehead atoms. The zero-order valence-corrected chi connectivity index (χ0v) is 18.8. The van der Waals surface area contributed by atoms with Crippen LogP contribution in [0.4, 0.5) is 0 Å². The molecule has 0 unspecified atom stereocenters. The number of hydrogen-bond donors (Lipinski definition) is 3. The van der Waals surface area contributed by atoms with Gasteiger partial charge < -0.3 is 9.84 Å². The van der Waals surface area contributed by atoms with E-state index >= 15 is 0 Å². The number of hydrazine groups is 1. The summed E-state index contributed by atoms with van der Waals surface area (Å²) in [5.74, 6) is -0.0727. The van der Waals surface area contributed by atoms with Gasteiger partial charge in [-0.25, -0.2) is 0 Å². The average Bonchev–Trinajstić information content (AvgIpc) is 3.12. The highest BCUT2D eigenvalue weighted by molar-refractivity contribution is 6.30. The Morgan fingerprint density at radius 3 is 2.34 bits per heavy atom. The van der Waals surface area contributed by atoms with Gasteiger partial charge in [-0.05, 0) is 30.5 Å². The van der Waals surface area contributed by atoms with Gasteiger partial charge in [-0.15, -0.1) is 0 Å². The van der Waals surface area contributed by atoms with E-state index < -0.39 is 5.54 Å². The van der Waals surface area contributed by atoms with Crippen LogP contribution in [0.15, 0.2) is 28.8 Å². The van der Waals surface area contributed by atoms with Crippen molar-refractivity contribution in [3.8, 4) is 0 Å². The summed E-state index contributed by atoms with van der Waals surface area (Å²) >= 11 is 5.83. The lowest BCUT2D eigenvalue weighted by Gasteiger charge is -2.30. The van der Waals surface area contributed by atoms with Gasteiger partial charge in [0.25, 0.3) is 0 Å². The van der Waals surface area contributed by atoms with Crippen LogP contribution in [-0.2, 0) is 32.8 Å². The van der Waals surface area contributed by atoms with Crippen LogP contribution in [0, 0.1) is 0 Å². The Balaban J connectivity index is 1.49. The van der Waals surface area contributed by atoms with Crippen molar-refractivity contribution in [2.45, 2.75) is 70.3 Å². The molecule has 1 aromatic carbocycles. The number of aryl methyl sites for hydroxylation is 1. The van der Waals surface area contributed by atoms with Crippen molar-refractivity contribution < 1.29 is 18.9 Å². The topological polar surface area (TPSA) is 126 Å². The number of halogens is 1. The van der Waals surface area contributed by atoms with E-state index in [2.05, 4.69) is 26.3 Å². The highest BCUT2D eigenvalue weighted by atomic mass is 35.5. The van der Waals surface area contributed by atoms with Crippen LogP contribution < -0.4 is 16.2 Å². The third-order valence-electron chi connectivity index (χ3n) is 5.45. The summed E-state index contributed by atoms with van der Waals surface area (Å²) in [6, 6.07) is 6.90. The summed E-state index contributed by atoms with van der Waals surface area (Å²) in [4.78, 5) is 40.3. The zero-order chi connectivity index (χ0) is 23.0. The molecule has 2 aromatic rings. The summed E-state index contributed by atoms with van der Waals surface area (Å²) in [6.07, 6.45) is 6.08. The van der Waals surface area contributed by atoms with E-state index in [0.717, 1.165) is 44.1 Å². The quantitative estimate of drug-likeness (QED) is 0.430. The number of amides is 3. The molecule has 3 rings (SSSR count). The lowest BCUT2D eigenvalue weighted by atomic mass is 9.89. The number of nitrogens with zero attached hydrogens (tertiary/aromatic N) is 2. The fourth-order valence-electron chi connectivity index (χ4n) is 3.88. The molecular formula is C22H28ClN5O4. The van der Waals surface area contributed by atoms with E-state index in [1.54, 1.807) is 24.3 Å². The lowest BCUT2D eigenvalue weighted by molar-refractivity contribution is -0.128. The van der Waals surface area contributed by atoms with Gasteiger partial charge in [0.2, 0.25) is 23.6 Å². The molecule has 1 fully saturated rings. The minimum absolute atomic E-state index is 0.0655. The number of benzene rings is 1. The molecule has 32 heavy (non-hydrogen) atoms. The van der Waals surface area contributed by atoms with E-state index in [9.17, 15) is 14.4 Å². The molecule has 1 saturated carbocycles. The third kappa shape index (κ3) is 6.78. The van der Waals surface area contributed by atoms with E-state index in [0.29, 0.717) is 16.7 Å². The second-order valence-electron chi connectivity index (χ2n) is 8.09. The lowest BCUT2D eigenvalue weighted by Crippen LogP contribution is -2.45. The first-order chi connectivity index (χ1) is 15.4. The molecule has 0 spiro atoms. The van der Waals surface area contributed by atoms with Gasteiger partial charge in [0.05, 0.1) is 6.42 Å². The van der Waals surface area contributed by atoms with Crippen molar-refractivity contribution in [3.63, 3.8) is 0 Å². The van der Waals surface area contributed by atoms with Crippen LogP contribution in [0.2, 0.25) is 5.02 Å². The number of aromatic nitrogens is 2. The predicted molar refractivity (Wildman–Crippen MR) is 117 cm³/mol. The van der Waals surface area contributed by atoms with Gasteiger partial charge >= 0.3 is 0 Å². The van der Waals surface area contributed by atoms with Gasteiger partial charge in [-0.2, -0.15) is 4.98 Å². The van der Waals surface area contributed by atoms with Crippen LogP contribution in [-0.4, -0.2) is 27.9 Å². The molecule has 10 heteroatoms. The van der Waals surface area contributed by atoms with E-state index in [4.69, 9.17) is 16.1 Å². The maximum atomic E-state index is 12.1. The van der Waals surface area contributed by atoms with Gasteiger partial charge in [0.1, 0.15) is 5.54 Å². The SMILES string of the molecule is CC(=O)NC1(c2noc(CCC(=O)NNC(=O)Cc3ccc(Cl)cc3)n2)CCCCCC1. The zero-order valence-electron chi connectivity index (χ0n) is 18.1. The summed E-state index contributed by atoms with van der Waals surface area (Å²) in [5.41, 5.74) is 4.93. The standard InChI is InChI=1S/C22H28ClN5O4/c1-15(29)25-22(12-4-2-3-5-13-22)21-24-20(32-28-21)11-10-18(30)26-27-19(31)14-16-6-8-17(23)9-7-16/h6-9H,2-5,10-14H2,1H3,(H,25,29)(H,26,30)(H,27,31). The molecule has 0 radical (unpaired) electrons. The number of hydrogen-bond acceptors (Lipinski definition) is 6. The minimum Gasteiger partial charge on any atom is -0.343 e. The highest BCUT2D eigenvalue weighted by Crippen LogP contribution is 2.34. The number of rotatable bonds is 7. The first-order valence-electron chi connectivity index (χ1n) is 10.8. The molecular weight excluding hydrogens is 434 g/mol. The molecule has 0 atom stereocenters. The monoisotopic (exact) mass is 461 g/mol. The molecule has 3 N–H and O–H groups in total. The van der Waals surface area contributed by atoms with Crippen molar-refractivity contribution in [1.82, 2.24) is 26.3 Å². The van der Waals surface area contributed by atoms with E-state index in [1.807, 2.05) is 0 Å². The maximum Gasteiger partial charge on any atom is 0.242 e. The fraction of sp³-hybridized carbons (Fsp3) is 0.500. The van der Waals surface area contributed by atoms with Crippen molar-refractivity contribution in [3.05, 3.63) is 46.6 Å². The summed E-state index contributed by atoms with van der Waals surface area (Å²) in [5, 5.41) is 7.72. The largest absolute Gasteiger partial charge is 0.343 e. The normalized spacial score (nSPS) is 15.4. The Labute approximate surface area is 191 Å². The van der Waals surface area contributed by atoms with Crippen LogP contribution in [0.25, 0.3) is 0 Å². The summed E-state index contributed by atoms with van der Waals surface area (Å²) < 4.78 is 5.34. The van der Waals surface area contributed by atoms with Crippen molar-refractivity contribution in [2.24, 2.45) is 0 Å². The Morgan fingerprint density at radius 2 is 1.69 bits per heavy atom. The smallest absolute Gasteiger partial charge is 0.242 e. The Morgan fingerprint density at radius 1 is 1.03 bits per heavy atom. The molecule has 9 nitrogen and oxygen atoms in total. The Hall–Kier alpha value is -2.94. The number of carbonyl (C=O) groups excluding carboxylic acids is 3. The fourth-order valence-corrected chi connectivity index (χ4v) is 4.00. The second-order valence-corrected chi connectivity index (χ2v) is 8.53. The van der Waals surface area contributed by atoms with Crippen LogP contribution >= 0.6 is 11.6 Å². The van der Waals surface area contributed by atoms with E-state index in [1.165, 1.54) is 6.92 Å². The summed E-state index contributed by atoms with van der Waals surface area (Å²) in [7, 11) is 0. The van der Waals surface area contributed by atoms with Gasteiger partial charge in [-0.3, -0.25) is 25.2 Å². The molecule has 1 heterocycles.